The number of aryl methyl sites for hydroxylation is 2. The van der Waals surface area contributed by atoms with Gasteiger partial charge in [0.2, 0.25) is 11.6 Å². The summed E-state index contributed by atoms with van der Waals surface area (Å²) < 4.78 is 1.82. The van der Waals surface area contributed by atoms with Crippen molar-refractivity contribution >= 4 is 28.6 Å². The van der Waals surface area contributed by atoms with Gasteiger partial charge in [0.15, 0.2) is 0 Å². The highest BCUT2D eigenvalue weighted by Crippen LogP contribution is 2.22. The van der Waals surface area contributed by atoms with Gasteiger partial charge < -0.3 is 10.6 Å². The van der Waals surface area contributed by atoms with Crippen molar-refractivity contribution in [2.45, 2.75) is 39.8 Å². The molecule has 8 nitrogen and oxygen atoms in total. The Morgan fingerprint density at radius 2 is 2.06 bits per heavy atom. The van der Waals surface area contributed by atoms with Gasteiger partial charge in [-0.1, -0.05) is 12.1 Å². The van der Waals surface area contributed by atoms with E-state index < -0.39 is 0 Å². The molecule has 0 bridgehead atoms. The molecule has 158 valence electrons. The van der Waals surface area contributed by atoms with Crippen LogP contribution in [0, 0.1) is 6.92 Å². The largest absolute Gasteiger partial charge is 0.362 e. The number of aromatic nitrogens is 5. The number of carbonyl (C=O) groups is 1. The van der Waals surface area contributed by atoms with Crippen LogP contribution in [0.25, 0.3) is 11.2 Å². The third kappa shape index (κ3) is 5.03. The van der Waals surface area contributed by atoms with E-state index in [0.717, 1.165) is 34.6 Å². The van der Waals surface area contributed by atoms with Crippen LogP contribution in [0.4, 0.5) is 11.5 Å². The average molecular weight is 416 g/mol. The van der Waals surface area contributed by atoms with Crippen LogP contribution < -0.4 is 10.6 Å². The number of rotatable bonds is 7. The molecule has 0 radical (unpaired) electrons. The number of amides is 1. The van der Waals surface area contributed by atoms with Crippen molar-refractivity contribution in [1.82, 2.24) is 24.7 Å². The Morgan fingerprint density at radius 1 is 1.19 bits per heavy atom. The van der Waals surface area contributed by atoms with E-state index in [2.05, 4.69) is 30.7 Å². The molecule has 0 saturated carbocycles. The van der Waals surface area contributed by atoms with Gasteiger partial charge in [0.1, 0.15) is 11.3 Å². The van der Waals surface area contributed by atoms with Gasteiger partial charge in [-0.05, 0) is 56.2 Å². The van der Waals surface area contributed by atoms with Crippen molar-refractivity contribution in [2.24, 2.45) is 0 Å². The number of carbonyl (C=O) groups excluding carboxylic acids is 1. The summed E-state index contributed by atoms with van der Waals surface area (Å²) in [5.74, 6) is 0.556. The van der Waals surface area contributed by atoms with Crippen molar-refractivity contribution in [3.63, 3.8) is 0 Å². The normalized spacial score (nSPS) is 12.0. The lowest BCUT2D eigenvalue weighted by Crippen LogP contribution is -2.16. The smallest absolute Gasteiger partial charge is 0.230 e. The minimum absolute atomic E-state index is 0.0321. The van der Waals surface area contributed by atoms with Crippen molar-refractivity contribution in [3.8, 4) is 0 Å². The first-order valence-electron chi connectivity index (χ1n) is 10.3. The Hall–Kier alpha value is -3.81. The number of pyridine rings is 1. The summed E-state index contributed by atoms with van der Waals surface area (Å²) in [6.07, 6.45) is 5.55. The number of hydrogen-bond donors (Lipinski definition) is 2. The number of fused-ring (bicyclic) bond motifs is 1. The maximum Gasteiger partial charge on any atom is 0.230 e. The predicted octanol–water partition coefficient (Wildman–Crippen LogP) is 3.90. The number of nitrogens with one attached hydrogen (secondary N) is 2. The minimum atomic E-state index is -0.0984. The van der Waals surface area contributed by atoms with E-state index in [1.807, 2.05) is 68.0 Å². The first-order valence-corrected chi connectivity index (χ1v) is 10.3. The summed E-state index contributed by atoms with van der Waals surface area (Å²) in [7, 11) is 0. The molecule has 0 spiro atoms. The molecule has 1 atom stereocenters. The Kier molecular flexibility index (Phi) is 5.88. The van der Waals surface area contributed by atoms with Gasteiger partial charge in [-0.15, -0.1) is 0 Å². The Balaban J connectivity index is 1.42. The Bertz CT molecular complexity index is 1220. The van der Waals surface area contributed by atoms with Crippen LogP contribution >= 0.6 is 0 Å². The van der Waals surface area contributed by atoms with E-state index in [-0.39, 0.29) is 18.4 Å². The fourth-order valence-electron chi connectivity index (χ4n) is 3.33. The average Bonchev–Trinajstić information content (AvgIpc) is 3.16. The summed E-state index contributed by atoms with van der Waals surface area (Å²) in [6.45, 7) is 6.82. The summed E-state index contributed by atoms with van der Waals surface area (Å²) in [4.78, 5) is 25.7. The highest BCUT2D eigenvalue weighted by atomic mass is 16.1. The first-order chi connectivity index (χ1) is 15.0. The zero-order valence-electron chi connectivity index (χ0n) is 17.8. The van der Waals surface area contributed by atoms with Gasteiger partial charge in [-0.3, -0.25) is 14.5 Å². The standard InChI is InChI=1S/C23H25N7O/c1-4-30-14-20-23(29-30)28-21(13-25-20)26-16(3)17-6-5-7-18(11-17)27-22(31)12-19-10-15(2)8-9-24-19/h5-11,13-14,16H,4,12H2,1-3H3,(H,27,31)(H,26,28,29)/t16-/m0/s1. The molecule has 31 heavy (non-hydrogen) atoms. The highest BCUT2D eigenvalue weighted by molar-refractivity contribution is 5.92. The quantitative estimate of drug-likeness (QED) is 0.475. The van der Waals surface area contributed by atoms with Crippen LogP contribution in [-0.4, -0.2) is 30.6 Å². The van der Waals surface area contributed by atoms with Gasteiger partial charge in [-0.2, -0.15) is 5.10 Å². The van der Waals surface area contributed by atoms with Gasteiger partial charge in [0.25, 0.3) is 0 Å². The Labute approximate surface area is 180 Å². The molecule has 0 fully saturated rings. The number of benzene rings is 1. The lowest BCUT2D eigenvalue weighted by Gasteiger charge is -2.16. The fraction of sp³-hybridized carbons (Fsp3) is 0.261. The van der Waals surface area contributed by atoms with Crippen LogP contribution in [0.2, 0.25) is 0 Å². The van der Waals surface area contributed by atoms with E-state index in [1.165, 1.54) is 0 Å². The zero-order chi connectivity index (χ0) is 21.8. The summed E-state index contributed by atoms with van der Waals surface area (Å²) >= 11 is 0. The topological polar surface area (TPSA) is 97.6 Å². The highest BCUT2D eigenvalue weighted by Gasteiger charge is 2.11. The molecule has 2 N–H and O–H groups in total. The van der Waals surface area contributed by atoms with Crippen LogP contribution in [-0.2, 0) is 17.8 Å². The molecule has 0 unspecified atom stereocenters. The molecule has 0 aliphatic rings. The fourth-order valence-corrected chi connectivity index (χ4v) is 3.33. The van der Waals surface area contributed by atoms with E-state index in [0.29, 0.717) is 11.5 Å². The van der Waals surface area contributed by atoms with Crippen molar-refractivity contribution in [3.05, 3.63) is 71.8 Å². The van der Waals surface area contributed by atoms with E-state index in [9.17, 15) is 4.79 Å². The van der Waals surface area contributed by atoms with Crippen LogP contribution in [0.1, 0.15) is 36.7 Å². The lowest BCUT2D eigenvalue weighted by atomic mass is 10.1. The van der Waals surface area contributed by atoms with E-state index in [4.69, 9.17) is 0 Å². The summed E-state index contributed by atoms with van der Waals surface area (Å²) in [5.41, 5.74) is 4.99. The van der Waals surface area contributed by atoms with E-state index >= 15 is 0 Å². The predicted molar refractivity (Wildman–Crippen MR) is 121 cm³/mol. The summed E-state index contributed by atoms with van der Waals surface area (Å²) in [6, 6.07) is 11.6. The molecule has 4 rings (SSSR count). The molecule has 4 aromatic rings. The molecule has 0 aliphatic heterocycles. The van der Waals surface area contributed by atoms with Crippen molar-refractivity contribution < 1.29 is 4.79 Å². The SMILES string of the molecule is CCn1cc2ncc(N[C@@H](C)c3cccc(NC(=O)Cc4cc(C)ccn4)c3)nc2n1. The van der Waals surface area contributed by atoms with E-state index in [1.54, 1.807) is 12.4 Å². The maximum absolute atomic E-state index is 12.4. The second-order valence-corrected chi connectivity index (χ2v) is 7.49. The van der Waals surface area contributed by atoms with Gasteiger partial charge in [0, 0.05) is 24.1 Å². The molecule has 1 aromatic carbocycles. The molecular formula is C23H25N7O. The minimum Gasteiger partial charge on any atom is -0.362 e. The summed E-state index contributed by atoms with van der Waals surface area (Å²) in [5, 5.41) is 10.7. The van der Waals surface area contributed by atoms with Crippen molar-refractivity contribution in [2.75, 3.05) is 10.6 Å². The molecule has 3 heterocycles. The number of nitrogens with zero attached hydrogens (tertiary/aromatic N) is 5. The molecule has 1 amide bonds. The van der Waals surface area contributed by atoms with Gasteiger partial charge in [0.05, 0.1) is 24.9 Å². The third-order valence-corrected chi connectivity index (χ3v) is 4.95. The Morgan fingerprint density at radius 3 is 2.87 bits per heavy atom. The number of anilines is 2. The zero-order valence-corrected chi connectivity index (χ0v) is 17.8. The molecule has 8 heteroatoms. The van der Waals surface area contributed by atoms with Crippen LogP contribution in [0.5, 0.6) is 0 Å². The van der Waals surface area contributed by atoms with Gasteiger partial charge in [-0.25, -0.2) is 9.97 Å². The van der Waals surface area contributed by atoms with Gasteiger partial charge >= 0.3 is 0 Å². The molecule has 0 saturated heterocycles. The molecular weight excluding hydrogens is 390 g/mol. The second-order valence-electron chi connectivity index (χ2n) is 7.49. The monoisotopic (exact) mass is 415 g/mol. The van der Waals surface area contributed by atoms with Crippen LogP contribution in [0.3, 0.4) is 0 Å². The third-order valence-electron chi connectivity index (χ3n) is 4.95. The molecule has 0 aliphatic carbocycles. The lowest BCUT2D eigenvalue weighted by molar-refractivity contribution is -0.115. The maximum atomic E-state index is 12.4. The second kappa shape index (κ2) is 8.91. The van der Waals surface area contributed by atoms with Crippen LogP contribution in [0.15, 0.2) is 55.0 Å². The first kappa shape index (κ1) is 20.5. The van der Waals surface area contributed by atoms with Crippen molar-refractivity contribution in [1.29, 1.82) is 0 Å². The molecule has 3 aromatic heterocycles. The number of hydrogen-bond acceptors (Lipinski definition) is 6.